The van der Waals surface area contributed by atoms with Crippen LogP contribution in [0, 0.1) is 0 Å². The lowest BCUT2D eigenvalue weighted by molar-refractivity contribution is 0.0911. The fourth-order valence-electron chi connectivity index (χ4n) is 2.69. The fraction of sp³-hybridized carbons (Fsp3) is 0.273. The third kappa shape index (κ3) is 6.61. The molecule has 0 saturated heterocycles. The molecule has 0 aliphatic heterocycles. The number of Topliss-reactive ketones (excluding diaryl/α,β-unsaturated/α-hetero) is 1. The standard InChI is InChI=1S/C22H24N2O2S/c25-20(17-26-19-13-7-2-8-14-19)22-23-16-21(24-22)27-15-9-3-6-12-18-10-4-1-5-11-18/h1-2,4-5,7-8,10-11,13-14,16H,3,6,9,12,15,17H2,(H,23,24). The number of aryl methyl sites for hydroxylation is 1. The number of carbonyl (C=O) groups excluding carboxylic acids is 1. The van der Waals surface area contributed by atoms with Gasteiger partial charge in [0.15, 0.2) is 12.4 Å². The van der Waals surface area contributed by atoms with Gasteiger partial charge in [0.25, 0.3) is 0 Å². The predicted molar refractivity (Wildman–Crippen MR) is 110 cm³/mol. The van der Waals surface area contributed by atoms with E-state index in [2.05, 4.69) is 40.3 Å². The first-order valence-electron chi connectivity index (χ1n) is 9.24. The monoisotopic (exact) mass is 380 g/mol. The molecule has 0 aliphatic rings. The Morgan fingerprint density at radius 3 is 2.48 bits per heavy atom. The first-order valence-corrected chi connectivity index (χ1v) is 10.2. The van der Waals surface area contributed by atoms with Gasteiger partial charge >= 0.3 is 0 Å². The maximum Gasteiger partial charge on any atom is 0.235 e. The number of benzene rings is 2. The number of rotatable bonds is 11. The molecule has 0 aliphatic carbocycles. The van der Waals surface area contributed by atoms with Gasteiger partial charge in [-0.05, 0) is 42.7 Å². The Balaban J connectivity index is 1.32. The van der Waals surface area contributed by atoms with Crippen molar-refractivity contribution < 1.29 is 9.53 Å². The molecule has 27 heavy (non-hydrogen) atoms. The Morgan fingerprint density at radius 2 is 1.70 bits per heavy atom. The van der Waals surface area contributed by atoms with Gasteiger partial charge in [0.1, 0.15) is 5.75 Å². The Morgan fingerprint density at radius 1 is 0.963 bits per heavy atom. The number of nitrogens with one attached hydrogen (secondary N) is 1. The van der Waals surface area contributed by atoms with Crippen molar-refractivity contribution in [3.8, 4) is 5.75 Å². The summed E-state index contributed by atoms with van der Waals surface area (Å²) in [6.45, 7) is -0.0128. The van der Waals surface area contributed by atoms with Crippen molar-refractivity contribution in [2.75, 3.05) is 12.4 Å². The summed E-state index contributed by atoms with van der Waals surface area (Å²) >= 11 is 1.71. The Kier molecular flexibility index (Phi) is 7.54. The van der Waals surface area contributed by atoms with Crippen LogP contribution in [0.3, 0.4) is 0 Å². The van der Waals surface area contributed by atoms with Gasteiger partial charge in [0.2, 0.25) is 5.78 Å². The molecular formula is C22H24N2O2S. The molecule has 0 saturated carbocycles. The van der Waals surface area contributed by atoms with E-state index < -0.39 is 0 Å². The summed E-state index contributed by atoms with van der Waals surface area (Å²) in [6.07, 6.45) is 6.41. The van der Waals surface area contributed by atoms with Crippen LogP contribution in [0.15, 0.2) is 71.9 Å². The van der Waals surface area contributed by atoms with E-state index in [0.717, 1.165) is 23.6 Å². The van der Waals surface area contributed by atoms with Crippen molar-refractivity contribution >= 4 is 17.5 Å². The minimum Gasteiger partial charge on any atom is -0.485 e. The smallest absolute Gasteiger partial charge is 0.235 e. The van der Waals surface area contributed by atoms with E-state index in [1.807, 2.05) is 30.3 Å². The molecule has 0 atom stereocenters. The molecule has 140 valence electrons. The fourth-order valence-corrected chi connectivity index (χ4v) is 3.55. The van der Waals surface area contributed by atoms with Crippen LogP contribution in [0.2, 0.25) is 0 Å². The molecule has 0 fully saturated rings. The third-order valence-electron chi connectivity index (χ3n) is 4.14. The highest BCUT2D eigenvalue weighted by molar-refractivity contribution is 7.99. The molecule has 1 aromatic heterocycles. The summed E-state index contributed by atoms with van der Waals surface area (Å²) in [6, 6.07) is 19.9. The van der Waals surface area contributed by atoms with E-state index in [0.29, 0.717) is 11.6 Å². The number of imidazole rings is 1. The molecular weight excluding hydrogens is 356 g/mol. The lowest BCUT2D eigenvalue weighted by Crippen LogP contribution is -2.13. The molecule has 1 N–H and O–H groups in total. The van der Waals surface area contributed by atoms with Gasteiger partial charge in [-0.2, -0.15) is 0 Å². The normalized spacial score (nSPS) is 10.7. The molecule has 4 nitrogen and oxygen atoms in total. The van der Waals surface area contributed by atoms with Crippen LogP contribution in [0.4, 0.5) is 0 Å². The molecule has 0 amide bonds. The van der Waals surface area contributed by atoms with E-state index >= 15 is 0 Å². The van der Waals surface area contributed by atoms with E-state index in [-0.39, 0.29) is 12.4 Å². The third-order valence-corrected chi connectivity index (χ3v) is 5.15. The van der Waals surface area contributed by atoms with Crippen LogP contribution < -0.4 is 4.74 Å². The number of ether oxygens (including phenoxy) is 1. The molecule has 5 heteroatoms. The maximum absolute atomic E-state index is 12.2. The summed E-state index contributed by atoms with van der Waals surface area (Å²) in [5.74, 6) is 1.92. The van der Waals surface area contributed by atoms with E-state index in [9.17, 15) is 4.79 Å². The largest absolute Gasteiger partial charge is 0.485 e. The summed E-state index contributed by atoms with van der Waals surface area (Å²) in [5.41, 5.74) is 1.40. The van der Waals surface area contributed by atoms with E-state index in [1.165, 1.54) is 18.4 Å². The van der Waals surface area contributed by atoms with Crippen molar-refractivity contribution in [2.45, 2.75) is 30.7 Å². The number of aromatic nitrogens is 2. The number of hydrogen-bond donors (Lipinski definition) is 1. The van der Waals surface area contributed by atoms with Gasteiger partial charge < -0.3 is 9.72 Å². The number of para-hydroxylation sites is 1. The number of carbonyl (C=O) groups is 1. The van der Waals surface area contributed by atoms with Crippen molar-refractivity contribution in [3.63, 3.8) is 0 Å². The zero-order chi connectivity index (χ0) is 18.7. The molecule has 0 unspecified atom stereocenters. The van der Waals surface area contributed by atoms with Gasteiger partial charge in [-0.1, -0.05) is 55.0 Å². The Bertz CT molecular complexity index is 819. The topological polar surface area (TPSA) is 55.0 Å². The molecule has 0 radical (unpaired) electrons. The highest BCUT2D eigenvalue weighted by Crippen LogP contribution is 2.18. The molecule has 0 spiro atoms. The van der Waals surface area contributed by atoms with Gasteiger partial charge in [-0.25, -0.2) is 4.98 Å². The molecule has 2 aromatic carbocycles. The average molecular weight is 381 g/mol. The van der Waals surface area contributed by atoms with Crippen LogP contribution in [0.1, 0.15) is 35.4 Å². The SMILES string of the molecule is O=C(COc1ccccc1)c1ncc(SCCCCCc2ccccc2)[nH]1. The minimum atomic E-state index is -0.145. The van der Waals surface area contributed by atoms with Gasteiger partial charge in [-0.3, -0.25) is 4.79 Å². The van der Waals surface area contributed by atoms with Crippen molar-refractivity contribution in [1.29, 1.82) is 0 Å². The number of aromatic amines is 1. The van der Waals surface area contributed by atoms with Crippen LogP contribution in [0.25, 0.3) is 0 Å². The van der Waals surface area contributed by atoms with Crippen LogP contribution in [-0.4, -0.2) is 28.1 Å². The van der Waals surface area contributed by atoms with Crippen LogP contribution in [-0.2, 0) is 6.42 Å². The quantitative estimate of drug-likeness (QED) is 0.283. The number of unbranched alkanes of at least 4 members (excludes halogenated alkanes) is 2. The van der Waals surface area contributed by atoms with Crippen LogP contribution in [0.5, 0.6) is 5.75 Å². The second-order valence-corrected chi connectivity index (χ2v) is 7.40. The number of nitrogens with zero attached hydrogens (tertiary/aromatic N) is 1. The number of hydrogen-bond acceptors (Lipinski definition) is 4. The summed E-state index contributed by atoms with van der Waals surface area (Å²) in [5, 5.41) is 0.932. The van der Waals surface area contributed by atoms with Crippen LogP contribution >= 0.6 is 11.8 Å². The average Bonchev–Trinajstić information content (AvgIpc) is 3.19. The molecule has 1 heterocycles. The van der Waals surface area contributed by atoms with Crippen molar-refractivity contribution in [3.05, 3.63) is 78.2 Å². The molecule has 3 rings (SSSR count). The first-order chi connectivity index (χ1) is 13.3. The van der Waals surface area contributed by atoms with Gasteiger partial charge in [0.05, 0.1) is 11.2 Å². The number of thioether (sulfide) groups is 1. The maximum atomic E-state index is 12.2. The summed E-state index contributed by atoms with van der Waals surface area (Å²) < 4.78 is 5.48. The lowest BCUT2D eigenvalue weighted by Gasteiger charge is -2.03. The molecule has 0 bridgehead atoms. The second kappa shape index (κ2) is 10.6. The van der Waals surface area contributed by atoms with Crippen molar-refractivity contribution in [1.82, 2.24) is 9.97 Å². The zero-order valence-corrected chi connectivity index (χ0v) is 16.1. The number of H-pyrrole nitrogens is 1. The highest BCUT2D eigenvalue weighted by atomic mass is 32.2. The second-order valence-electron chi connectivity index (χ2n) is 6.27. The highest BCUT2D eigenvalue weighted by Gasteiger charge is 2.11. The zero-order valence-electron chi connectivity index (χ0n) is 15.3. The van der Waals surface area contributed by atoms with Gasteiger partial charge in [0, 0.05) is 0 Å². The first kappa shape index (κ1) is 19.2. The van der Waals surface area contributed by atoms with Crippen molar-refractivity contribution in [2.24, 2.45) is 0 Å². The van der Waals surface area contributed by atoms with E-state index in [4.69, 9.17) is 4.74 Å². The number of ketones is 1. The predicted octanol–water partition coefficient (Wildman–Crippen LogP) is 5.18. The Hall–Kier alpha value is -2.53. The molecule has 3 aromatic rings. The van der Waals surface area contributed by atoms with Gasteiger partial charge in [-0.15, -0.1) is 11.8 Å². The summed E-state index contributed by atoms with van der Waals surface area (Å²) in [7, 11) is 0. The Labute approximate surface area is 164 Å². The van der Waals surface area contributed by atoms with E-state index in [1.54, 1.807) is 18.0 Å². The minimum absolute atomic E-state index is 0.0128. The summed E-state index contributed by atoms with van der Waals surface area (Å²) in [4.78, 5) is 19.4. The lowest BCUT2D eigenvalue weighted by atomic mass is 10.1.